The maximum atomic E-state index is 13.9. The number of nitrogens with zero attached hydrogens (tertiary/aromatic N) is 1. The van der Waals surface area contributed by atoms with E-state index in [2.05, 4.69) is 20.9 Å². The zero-order valence-electron chi connectivity index (χ0n) is 29.4. The van der Waals surface area contributed by atoms with Crippen molar-refractivity contribution in [1.82, 2.24) is 20.9 Å². The summed E-state index contributed by atoms with van der Waals surface area (Å²) in [6.45, 7) is 14.0. The van der Waals surface area contributed by atoms with Crippen LogP contribution < -0.4 is 16.0 Å². The molecule has 4 N–H and O–H groups in total. The van der Waals surface area contributed by atoms with Gasteiger partial charge in [-0.2, -0.15) is 0 Å². The summed E-state index contributed by atoms with van der Waals surface area (Å²) in [6.07, 6.45) is 3.87. The van der Waals surface area contributed by atoms with Crippen LogP contribution in [-0.2, 0) is 30.6 Å². The lowest BCUT2D eigenvalue weighted by Gasteiger charge is -2.30. The lowest BCUT2D eigenvalue weighted by Crippen LogP contribution is -2.54. The van der Waals surface area contributed by atoms with E-state index in [9.17, 15) is 27.9 Å². The predicted molar refractivity (Wildman–Crippen MR) is 188 cm³/mol. The third-order valence-corrected chi connectivity index (χ3v) is 10.3. The molecule has 3 amide bonds. The highest BCUT2D eigenvalue weighted by Crippen LogP contribution is 2.22. The van der Waals surface area contributed by atoms with Gasteiger partial charge >= 0.3 is 0 Å². The molecule has 0 bridgehead atoms. The first-order chi connectivity index (χ1) is 22.2. The van der Waals surface area contributed by atoms with E-state index in [4.69, 9.17) is 0 Å². The number of nitrogens with one attached hydrogen (secondary N) is 3. The van der Waals surface area contributed by atoms with Gasteiger partial charge in [0.25, 0.3) is 0 Å². The molecule has 0 spiro atoms. The molecule has 0 saturated heterocycles. The number of benzene rings is 1. The number of fused-ring (bicyclic) bond motifs is 1. The summed E-state index contributed by atoms with van der Waals surface area (Å²) in [6, 6.07) is 7.81. The number of amides is 3. The highest BCUT2D eigenvalue weighted by Gasteiger charge is 2.33. The Bertz CT molecular complexity index is 1390. The van der Waals surface area contributed by atoms with Crippen molar-refractivity contribution in [3.8, 4) is 0 Å². The standard InChI is InChI=1S/C36H58N4O6S/c1-8-11-17-30(36(44)40-31(19-24(4)5)32(41)21-26(9-2)34(42)38-22-25(6)7)39-35(43)29(23-47(45,46)10-3)20-28-15-12-14-27-16-13-18-37-33(27)28/h12-16,18,24-26,29-32,41H,8-11,17,19-23H2,1-7H3,(H,38,42)(H,39,43)(H,40,44)/t26?,29-,30-,31-,32-/m0/s1. The average molecular weight is 675 g/mol. The molecular formula is C36H58N4O6S. The number of aliphatic hydroxyl groups excluding tert-OH is 1. The van der Waals surface area contributed by atoms with Crippen molar-refractivity contribution in [2.24, 2.45) is 23.7 Å². The Labute approximate surface area is 282 Å². The topological polar surface area (TPSA) is 155 Å². The first kappa shape index (κ1) is 40.1. The van der Waals surface area contributed by atoms with E-state index in [-0.39, 0.29) is 36.2 Å². The van der Waals surface area contributed by atoms with E-state index in [1.54, 1.807) is 13.1 Å². The van der Waals surface area contributed by atoms with E-state index < -0.39 is 51.7 Å². The van der Waals surface area contributed by atoms with E-state index in [0.717, 1.165) is 17.4 Å². The molecule has 1 unspecified atom stereocenters. The molecule has 2 aromatic rings. The summed E-state index contributed by atoms with van der Waals surface area (Å²) in [7, 11) is -3.53. The number of para-hydroxylation sites is 1. The molecule has 0 aliphatic carbocycles. The molecule has 5 atom stereocenters. The van der Waals surface area contributed by atoms with Crippen LogP contribution in [0.25, 0.3) is 10.9 Å². The fourth-order valence-corrected chi connectivity index (χ4v) is 6.80. The van der Waals surface area contributed by atoms with Crippen molar-refractivity contribution in [2.45, 2.75) is 112 Å². The van der Waals surface area contributed by atoms with E-state index in [0.29, 0.717) is 43.7 Å². The molecule has 0 radical (unpaired) electrons. The number of aromatic nitrogens is 1. The van der Waals surface area contributed by atoms with Crippen molar-refractivity contribution in [1.29, 1.82) is 0 Å². The number of carbonyl (C=O) groups is 3. The summed E-state index contributed by atoms with van der Waals surface area (Å²) >= 11 is 0. The number of sulfone groups is 1. The summed E-state index contributed by atoms with van der Waals surface area (Å²) in [5.74, 6) is -2.41. The van der Waals surface area contributed by atoms with Crippen LogP contribution in [-0.4, -0.2) is 72.5 Å². The molecule has 0 fully saturated rings. The number of aliphatic hydroxyl groups is 1. The third kappa shape index (κ3) is 13.5. The van der Waals surface area contributed by atoms with Gasteiger partial charge in [-0.1, -0.05) is 85.6 Å². The van der Waals surface area contributed by atoms with Crippen LogP contribution in [0.2, 0.25) is 0 Å². The Morgan fingerprint density at radius 2 is 1.57 bits per heavy atom. The van der Waals surface area contributed by atoms with Crippen LogP contribution in [0.5, 0.6) is 0 Å². The van der Waals surface area contributed by atoms with Gasteiger partial charge in [0.2, 0.25) is 17.7 Å². The van der Waals surface area contributed by atoms with Gasteiger partial charge in [-0.05, 0) is 55.6 Å². The van der Waals surface area contributed by atoms with Gasteiger partial charge in [0.1, 0.15) is 6.04 Å². The van der Waals surface area contributed by atoms with Gasteiger partial charge in [-0.3, -0.25) is 19.4 Å². The van der Waals surface area contributed by atoms with Gasteiger partial charge in [-0.25, -0.2) is 8.42 Å². The summed E-state index contributed by atoms with van der Waals surface area (Å²) in [4.78, 5) is 44.9. The number of unbranched alkanes of at least 4 members (excludes halogenated alkanes) is 1. The maximum absolute atomic E-state index is 13.9. The number of hydrogen-bond donors (Lipinski definition) is 4. The van der Waals surface area contributed by atoms with Gasteiger partial charge in [0, 0.05) is 29.8 Å². The Hall–Kier alpha value is -3.05. The Kier molecular flexibility index (Phi) is 16.8. The Morgan fingerprint density at radius 1 is 0.872 bits per heavy atom. The quantitative estimate of drug-likeness (QED) is 0.151. The molecular weight excluding hydrogens is 616 g/mol. The van der Waals surface area contributed by atoms with E-state index >= 15 is 0 Å². The summed E-state index contributed by atoms with van der Waals surface area (Å²) in [5.41, 5.74) is 1.46. The van der Waals surface area contributed by atoms with Gasteiger partial charge in [0.05, 0.1) is 29.3 Å². The molecule has 0 aliphatic rings. The largest absolute Gasteiger partial charge is 0.391 e. The molecule has 1 aromatic heterocycles. The molecule has 0 saturated carbocycles. The molecule has 264 valence electrons. The second-order valence-corrected chi connectivity index (χ2v) is 16.0. The monoisotopic (exact) mass is 674 g/mol. The lowest BCUT2D eigenvalue weighted by atomic mass is 9.90. The molecule has 10 nitrogen and oxygen atoms in total. The normalized spacial score (nSPS) is 15.2. The fourth-order valence-electron chi connectivity index (χ4n) is 5.68. The molecule has 1 heterocycles. The molecule has 2 rings (SSSR count). The summed E-state index contributed by atoms with van der Waals surface area (Å²) < 4.78 is 25.6. The maximum Gasteiger partial charge on any atom is 0.242 e. The number of hydrogen-bond acceptors (Lipinski definition) is 7. The highest BCUT2D eigenvalue weighted by molar-refractivity contribution is 7.91. The second kappa shape index (κ2) is 19.7. The fraction of sp³-hybridized carbons (Fsp3) is 0.667. The van der Waals surface area contributed by atoms with Crippen LogP contribution in [0.15, 0.2) is 36.5 Å². The van der Waals surface area contributed by atoms with Crippen molar-refractivity contribution in [2.75, 3.05) is 18.1 Å². The van der Waals surface area contributed by atoms with Gasteiger partial charge in [-0.15, -0.1) is 0 Å². The SMILES string of the molecule is CCCC[C@H](NC(=O)[C@@H](Cc1cccc2cccnc12)CS(=O)(=O)CC)C(=O)N[C@@H](CC(C)C)[C@@H](O)CC(CC)C(=O)NCC(C)C. The minimum absolute atomic E-state index is 0.104. The number of pyridine rings is 1. The van der Waals surface area contributed by atoms with Crippen LogP contribution in [0, 0.1) is 23.7 Å². The minimum atomic E-state index is -3.53. The zero-order valence-corrected chi connectivity index (χ0v) is 30.2. The Morgan fingerprint density at radius 3 is 2.19 bits per heavy atom. The number of rotatable bonds is 21. The van der Waals surface area contributed by atoms with Crippen molar-refractivity contribution >= 4 is 38.5 Å². The van der Waals surface area contributed by atoms with Gasteiger partial charge < -0.3 is 21.1 Å². The average Bonchev–Trinajstić information content (AvgIpc) is 3.03. The highest BCUT2D eigenvalue weighted by atomic mass is 32.2. The molecule has 0 aliphatic heterocycles. The van der Waals surface area contributed by atoms with Crippen LogP contribution in [0.1, 0.15) is 92.6 Å². The molecule has 47 heavy (non-hydrogen) atoms. The van der Waals surface area contributed by atoms with E-state index in [1.165, 1.54) is 0 Å². The van der Waals surface area contributed by atoms with Crippen LogP contribution in [0.3, 0.4) is 0 Å². The molecule has 11 heteroatoms. The van der Waals surface area contributed by atoms with Crippen LogP contribution >= 0.6 is 0 Å². The lowest BCUT2D eigenvalue weighted by molar-refractivity contribution is -0.132. The smallest absolute Gasteiger partial charge is 0.242 e. The van der Waals surface area contributed by atoms with Crippen molar-refractivity contribution < 1.29 is 27.9 Å². The zero-order chi connectivity index (χ0) is 35.1. The minimum Gasteiger partial charge on any atom is -0.391 e. The van der Waals surface area contributed by atoms with Crippen molar-refractivity contribution in [3.63, 3.8) is 0 Å². The third-order valence-electron chi connectivity index (χ3n) is 8.52. The van der Waals surface area contributed by atoms with E-state index in [1.807, 2.05) is 71.9 Å². The number of carbonyl (C=O) groups excluding carboxylic acids is 3. The Balaban J connectivity index is 2.30. The van der Waals surface area contributed by atoms with Crippen molar-refractivity contribution in [3.05, 3.63) is 42.1 Å². The second-order valence-electron chi connectivity index (χ2n) is 13.6. The van der Waals surface area contributed by atoms with Crippen LogP contribution in [0.4, 0.5) is 0 Å². The van der Waals surface area contributed by atoms with Gasteiger partial charge in [0.15, 0.2) is 9.84 Å². The first-order valence-corrected chi connectivity index (χ1v) is 19.1. The summed E-state index contributed by atoms with van der Waals surface area (Å²) in [5, 5.41) is 21.0. The molecule has 1 aromatic carbocycles. The predicted octanol–water partition coefficient (Wildman–Crippen LogP) is 4.58. The first-order valence-electron chi connectivity index (χ1n) is 17.3.